The molecule has 0 aliphatic rings. The summed E-state index contributed by atoms with van der Waals surface area (Å²) in [4.78, 5) is 12.6. The molecule has 0 bridgehead atoms. The minimum absolute atomic E-state index is 0.0562. The summed E-state index contributed by atoms with van der Waals surface area (Å²) in [6.07, 6.45) is 2.57. The van der Waals surface area contributed by atoms with E-state index in [4.69, 9.17) is 4.42 Å². The Bertz CT molecular complexity index is 829. The van der Waals surface area contributed by atoms with Gasteiger partial charge in [-0.2, -0.15) is 0 Å². The minimum atomic E-state index is -0.0562. The molecule has 23 heavy (non-hydrogen) atoms. The molecule has 0 saturated carbocycles. The summed E-state index contributed by atoms with van der Waals surface area (Å²) in [5.41, 5.74) is 4.74. The summed E-state index contributed by atoms with van der Waals surface area (Å²) < 4.78 is 7.51. The summed E-state index contributed by atoms with van der Waals surface area (Å²) in [5, 5.41) is 3.04. The van der Waals surface area contributed by atoms with E-state index in [1.807, 2.05) is 35.8 Å². The number of amides is 1. The molecule has 0 aliphatic heterocycles. The zero-order valence-corrected chi connectivity index (χ0v) is 13.8. The van der Waals surface area contributed by atoms with Gasteiger partial charge in [0, 0.05) is 24.7 Å². The second-order valence-corrected chi connectivity index (χ2v) is 6.00. The molecular weight excluding hydrogens is 288 g/mol. The van der Waals surface area contributed by atoms with Crippen molar-refractivity contribution in [2.24, 2.45) is 0 Å². The molecule has 120 valence electrons. The zero-order valence-electron chi connectivity index (χ0n) is 13.8. The van der Waals surface area contributed by atoms with Gasteiger partial charge in [-0.3, -0.25) is 4.79 Å². The number of aryl methyl sites for hydroxylation is 1. The molecular formula is C19H22N2O2. The quantitative estimate of drug-likeness (QED) is 0.770. The van der Waals surface area contributed by atoms with Crippen LogP contribution >= 0.6 is 0 Å². The number of carbonyl (C=O) groups is 1. The molecule has 0 saturated heterocycles. The fraction of sp³-hybridized carbons (Fsp3) is 0.316. The number of benzene rings is 1. The zero-order chi connectivity index (χ0) is 16.4. The number of rotatable bonds is 5. The maximum Gasteiger partial charge on any atom is 0.268 e. The Balaban J connectivity index is 2.00. The average Bonchev–Trinajstić information content (AvgIpc) is 3.11. The van der Waals surface area contributed by atoms with Crippen molar-refractivity contribution in [1.82, 2.24) is 9.88 Å². The first-order chi connectivity index (χ1) is 11.1. The molecule has 0 radical (unpaired) electrons. The van der Waals surface area contributed by atoms with Crippen molar-refractivity contribution in [2.75, 3.05) is 0 Å². The van der Waals surface area contributed by atoms with E-state index in [1.54, 1.807) is 6.26 Å². The van der Waals surface area contributed by atoms with Gasteiger partial charge in [0.05, 0.1) is 11.8 Å². The van der Waals surface area contributed by atoms with E-state index in [0.29, 0.717) is 12.2 Å². The molecule has 1 atom stereocenters. The summed E-state index contributed by atoms with van der Waals surface area (Å²) in [5.74, 6) is -0.0562. The number of hydrogen-bond donors (Lipinski definition) is 1. The monoisotopic (exact) mass is 310 g/mol. The van der Waals surface area contributed by atoms with Crippen LogP contribution in [0.5, 0.6) is 0 Å². The highest BCUT2D eigenvalue weighted by Gasteiger charge is 2.19. The smallest absolute Gasteiger partial charge is 0.268 e. The highest BCUT2D eigenvalue weighted by Crippen LogP contribution is 2.23. The van der Waals surface area contributed by atoms with Gasteiger partial charge in [-0.1, -0.05) is 31.2 Å². The molecule has 1 aromatic carbocycles. The van der Waals surface area contributed by atoms with Gasteiger partial charge in [0.15, 0.2) is 5.58 Å². The Kier molecular flexibility index (Phi) is 4.24. The third-order valence-corrected chi connectivity index (χ3v) is 4.33. The maximum absolute atomic E-state index is 12.6. The highest BCUT2D eigenvalue weighted by molar-refractivity contribution is 5.97. The standard InChI is InChI=1S/C19H22N2O2/c1-4-14(3)20-19(22)17-11-18-16(9-10-23-18)21(17)12-15-8-6-5-7-13(15)2/h5-11,14H,4,12H2,1-3H3,(H,20,22). The Labute approximate surface area is 136 Å². The van der Waals surface area contributed by atoms with Crippen LogP contribution < -0.4 is 5.32 Å². The molecule has 1 N–H and O–H groups in total. The number of aromatic nitrogens is 1. The van der Waals surface area contributed by atoms with Crippen LogP contribution in [0.15, 0.2) is 47.1 Å². The first-order valence-electron chi connectivity index (χ1n) is 8.02. The van der Waals surface area contributed by atoms with Crippen LogP contribution in [0.25, 0.3) is 11.1 Å². The minimum Gasteiger partial charge on any atom is -0.463 e. The third kappa shape index (κ3) is 3.02. The lowest BCUT2D eigenvalue weighted by Gasteiger charge is -2.15. The van der Waals surface area contributed by atoms with Crippen LogP contribution in [-0.4, -0.2) is 16.5 Å². The Hall–Kier alpha value is -2.49. The molecule has 1 amide bonds. The SMILES string of the molecule is CCC(C)NC(=O)c1cc2occc2n1Cc1ccccc1C. The van der Waals surface area contributed by atoms with Crippen molar-refractivity contribution in [3.63, 3.8) is 0 Å². The summed E-state index contributed by atoms with van der Waals surface area (Å²) in [6, 6.07) is 12.1. The van der Waals surface area contributed by atoms with Crippen molar-refractivity contribution >= 4 is 17.0 Å². The lowest BCUT2D eigenvalue weighted by atomic mass is 10.1. The molecule has 0 fully saturated rings. The predicted molar refractivity (Wildman–Crippen MR) is 91.7 cm³/mol. The average molecular weight is 310 g/mol. The van der Waals surface area contributed by atoms with Crippen LogP contribution in [0.3, 0.4) is 0 Å². The molecule has 0 aliphatic carbocycles. The van der Waals surface area contributed by atoms with Crippen molar-refractivity contribution in [3.05, 3.63) is 59.5 Å². The maximum atomic E-state index is 12.6. The van der Waals surface area contributed by atoms with E-state index in [2.05, 4.69) is 31.3 Å². The molecule has 1 unspecified atom stereocenters. The Morgan fingerprint density at radius 2 is 2.09 bits per heavy atom. The van der Waals surface area contributed by atoms with Crippen LogP contribution in [0, 0.1) is 6.92 Å². The number of nitrogens with zero attached hydrogens (tertiary/aromatic N) is 1. The summed E-state index contributed by atoms with van der Waals surface area (Å²) in [6.45, 7) is 6.81. The van der Waals surface area contributed by atoms with Gasteiger partial charge < -0.3 is 14.3 Å². The van der Waals surface area contributed by atoms with E-state index in [-0.39, 0.29) is 11.9 Å². The van der Waals surface area contributed by atoms with Crippen LogP contribution in [0.4, 0.5) is 0 Å². The second kappa shape index (κ2) is 6.32. The van der Waals surface area contributed by atoms with Gasteiger partial charge in [0.2, 0.25) is 0 Å². The van der Waals surface area contributed by atoms with Gasteiger partial charge >= 0.3 is 0 Å². The summed E-state index contributed by atoms with van der Waals surface area (Å²) >= 11 is 0. The molecule has 2 heterocycles. The van der Waals surface area contributed by atoms with E-state index >= 15 is 0 Å². The molecule has 4 heteroatoms. The van der Waals surface area contributed by atoms with Gasteiger partial charge in [0.25, 0.3) is 5.91 Å². The van der Waals surface area contributed by atoms with Crippen molar-refractivity contribution in [3.8, 4) is 0 Å². The lowest BCUT2D eigenvalue weighted by molar-refractivity contribution is 0.0930. The Morgan fingerprint density at radius 1 is 1.30 bits per heavy atom. The van der Waals surface area contributed by atoms with E-state index in [0.717, 1.165) is 17.5 Å². The largest absolute Gasteiger partial charge is 0.463 e. The van der Waals surface area contributed by atoms with Gasteiger partial charge in [-0.05, 0) is 31.4 Å². The van der Waals surface area contributed by atoms with Crippen LogP contribution in [0.1, 0.15) is 41.9 Å². The topological polar surface area (TPSA) is 47.2 Å². The van der Waals surface area contributed by atoms with Crippen molar-refractivity contribution in [2.45, 2.75) is 39.8 Å². The van der Waals surface area contributed by atoms with E-state index in [9.17, 15) is 4.79 Å². The normalized spacial score (nSPS) is 12.5. The number of hydrogen-bond acceptors (Lipinski definition) is 2. The highest BCUT2D eigenvalue weighted by atomic mass is 16.3. The number of fused-ring (bicyclic) bond motifs is 1. The van der Waals surface area contributed by atoms with Crippen molar-refractivity contribution in [1.29, 1.82) is 0 Å². The fourth-order valence-corrected chi connectivity index (χ4v) is 2.69. The second-order valence-electron chi connectivity index (χ2n) is 6.00. The molecule has 3 rings (SSSR count). The molecule has 4 nitrogen and oxygen atoms in total. The molecule has 0 spiro atoms. The molecule has 2 aromatic heterocycles. The number of nitrogens with one attached hydrogen (secondary N) is 1. The van der Waals surface area contributed by atoms with Crippen LogP contribution in [-0.2, 0) is 6.54 Å². The van der Waals surface area contributed by atoms with Gasteiger partial charge in [-0.25, -0.2) is 0 Å². The fourth-order valence-electron chi connectivity index (χ4n) is 2.69. The first kappa shape index (κ1) is 15.4. The van der Waals surface area contributed by atoms with Gasteiger partial charge in [-0.15, -0.1) is 0 Å². The number of carbonyl (C=O) groups excluding carboxylic acids is 1. The van der Waals surface area contributed by atoms with E-state index in [1.165, 1.54) is 11.1 Å². The summed E-state index contributed by atoms with van der Waals surface area (Å²) in [7, 11) is 0. The van der Waals surface area contributed by atoms with Gasteiger partial charge in [0.1, 0.15) is 5.69 Å². The Morgan fingerprint density at radius 3 is 2.83 bits per heavy atom. The van der Waals surface area contributed by atoms with Crippen molar-refractivity contribution < 1.29 is 9.21 Å². The molecule has 3 aromatic rings. The third-order valence-electron chi connectivity index (χ3n) is 4.33. The first-order valence-corrected chi connectivity index (χ1v) is 8.02. The predicted octanol–water partition coefficient (Wildman–Crippen LogP) is 4.12. The lowest BCUT2D eigenvalue weighted by Crippen LogP contribution is -2.33. The number of furan rings is 1. The van der Waals surface area contributed by atoms with E-state index < -0.39 is 0 Å². The van der Waals surface area contributed by atoms with Crippen LogP contribution in [0.2, 0.25) is 0 Å².